The molecule has 0 heterocycles. The smallest absolute Gasteiger partial charge is 0.187 e. The molecule has 16 heavy (non-hydrogen) atoms. The molecular formula is C10H30O4SiZr. The third-order valence-electron chi connectivity index (χ3n) is 2.34. The maximum Gasteiger partial charge on any atom is 0.187 e. The molecule has 0 spiro atoms. The molecule has 0 saturated heterocycles. The van der Waals surface area contributed by atoms with Gasteiger partial charge in [-0.25, -0.2) is 0 Å². The van der Waals surface area contributed by atoms with Crippen LogP contribution in [0.3, 0.4) is 0 Å². The van der Waals surface area contributed by atoms with Crippen molar-refractivity contribution >= 4 is 8.32 Å². The second-order valence-corrected chi connectivity index (χ2v) is 8.43. The summed E-state index contributed by atoms with van der Waals surface area (Å²) in [5.41, 5.74) is 0. The van der Waals surface area contributed by atoms with E-state index in [0.717, 1.165) is 18.1 Å². The minimum atomic E-state index is -1.67. The summed E-state index contributed by atoms with van der Waals surface area (Å²) in [4.78, 5) is 9.58. The molecule has 0 unspecified atom stereocenters. The van der Waals surface area contributed by atoms with Gasteiger partial charge >= 0.3 is 0 Å². The van der Waals surface area contributed by atoms with Crippen molar-refractivity contribution in [1.82, 2.24) is 0 Å². The van der Waals surface area contributed by atoms with Crippen LogP contribution in [0.15, 0.2) is 0 Å². The van der Waals surface area contributed by atoms with Crippen molar-refractivity contribution in [3.05, 3.63) is 0 Å². The van der Waals surface area contributed by atoms with Gasteiger partial charge in [0.1, 0.15) is 0 Å². The van der Waals surface area contributed by atoms with E-state index in [9.17, 15) is 4.80 Å². The Morgan fingerprint density at radius 3 is 1.12 bits per heavy atom. The van der Waals surface area contributed by atoms with E-state index in [0.29, 0.717) is 12.5 Å². The molecule has 0 saturated carbocycles. The summed E-state index contributed by atoms with van der Waals surface area (Å²) in [6.45, 7) is 10.5. The van der Waals surface area contributed by atoms with Crippen LogP contribution in [0, 0.1) is 5.92 Å². The molecule has 0 fully saturated rings. The fraction of sp³-hybridized carbons (Fsp3) is 1.00. The number of hydrogen-bond donors (Lipinski definition) is 2. The summed E-state index contributed by atoms with van der Waals surface area (Å²) in [5.74, 6) is 0.440. The van der Waals surface area contributed by atoms with E-state index in [-0.39, 0.29) is 37.2 Å². The fourth-order valence-electron chi connectivity index (χ4n) is 0.750. The van der Waals surface area contributed by atoms with E-state index in [1.165, 1.54) is 0 Å². The average molecular weight is 334 g/mol. The molecule has 102 valence electrons. The first-order valence-electron chi connectivity index (χ1n) is 5.28. The molecule has 0 rings (SSSR count). The van der Waals surface area contributed by atoms with Crippen LogP contribution in [-0.4, -0.2) is 35.8 Å². The molecule has 0 amide bonds. The number of aliphatic hydroxyl groups excluding tert-OH is 1. The molecule has 0 aromatic carbocycles. The molecule has 0 aliphatic rings. The van der Waals surface area contributed by atoms with Gasteiger partial charge in [0.25, 0.3) is 0 Å². The van der Waals surface area contributed by atoms with Gasteiger partial charge < -0.3 is 20.9 Å². The van der Waals surface area contributed by atoms with Gasteiger partial charge in [-0.3, -0.25) is 0 Å². The van der Waals surface area contributed by atoms with Crippen molar-refractivity contribution in [2.45, 2.75) is 52.8 Å². The van der Waals surface area contributed by atoms with Gasteiger partial charge in [-0.2, -0.15) is 0 Å². The molecule has 6 N–H and O–H groups in total. The number of hydrogen-bond acceptors (Lipinski definition) is 2. The van der Waals surface area contributed by atoms with Crippen LogP contribution in [0.1, 0.15) is 34.6 Å². The van der Waals surface area contributed by atoms with Gasteiger partial charge in [-0.15, -0.1) is 0 Å². The first-order valence-corrected chi connectivity index (χ1v) is 7.85. The molecule has 0 bridgehead atoms. The van der Waals surface area contributed by atoms with Gasteiger partial charge in [-0.1, -0.05) is 34.6 Å². The van der Waals surface area contributed by atoms with Crippen molar-refractivity contribution in [1.29, 1.82) is 0 Å². The van der Waals surface area contributed by atoms with Gasteiger partial charge in [-0.05, 0) is 24.1 Å². The molecule has 0 aromatic rings. The second-order valence-electron chi connectivity index (χ2n) is 3.86. The standard InChI is InChI=1S/C6H16OSi.C4H10O.2H2O.Zr/c1-4-8(7,5-2)6-3;1-4(2)3-5;;;/h7H,4-6H2,1-3H3;4-5H,3H2,1-2H3;2*1H2;. The van der Waals surface area contributed by atoms with E-state index < -0.39 is 8.32 Å². The van der Waals surface area contributed by atoms with E-state index in [1.807, 2.05) is 13.8 Å². The van der Waals surface area contributed by atoms with E-state index in [1.54, 1.807) is 0 Å². The fourth-order valence-corrected chi connectivity index (χ4v) is 2.25. The Balaban J connectivity index is -0.0000000454. The van der Waals surface area contributed by atoms with E-state index >= 15 is 0 Å². The molecule has 0 radical (unpaired) electrons. The Kier molecular flexibility index (Phi) is 34.5. The maximum atomic E-state index is 9.58. The van der Waals surface area contributed by atoms with Crippen LogP contribution in [0.5, 0.6) is 0 Å². The van der Waals surface area contributed by atoms with Gasteiger partial charge in [0, 0.05) is 32.8 Å². The quantitative estimate of drug-likeness (QED) is 0.748. The Morgan fingerprint density at radius 2 is 1.12 bits per heavy atom. The molecule has 0 aromatic heterocycles. The summed E-state index contributed by atoms with van der Waals surface area (Å²) in [7, 11) is -1.67. The molecule has 6 heteroatoms. The van der Waals surface area contributed by atoms with E-state index in [4.69, 9.17) is 5.11 Å². The Labute approximate surface area is 120 Å². The minimum absolute atomic E-state index is 0. The zero-order valence-corrected chi connectivity index (χ0v) is 14.8. The van der Waals surface area contributed by atoms with Crippen molar-refractivity contribution in [3.63, 3.8) is 0 Å². The van der Waals surface area contributed by atoms with E-state index in [2.05, 4.69) is 20.8 Å². The van der Waals surface area contributed by atoms with Crippen LogP contribution < -0.4 is 0 Å². The van der Waals surface area contributed by atoms with Gasteiger partial charge in [0.05, 0.1) is 0 Å². The van der Waals surface area contributed by atoms with Crippen molar-refractivity contribution in [3.8, 4) is 0 Å². The average Bonchev–Trinajstić information content (AvgIpc) is 2.17. The minimum Gasteiger partial charge on any atom is -0.432 e. The normalized spacial score (nSPS) is 9.00. The van der Waals surface area contributed by atoms with Crippen LogP contribution in [0.25, 0.3) is 0 Å². The van der Waals surface area contributed by atoms with Crippen molar-refractivity contribution in [2.75, 3.05) is 6.61 Å². The maximum absolute atomic E-state index is 9.58. The predicted molar refractivity (Wildman–Crippen MR) is 68.6 cm³/mol. The molecular weight excluding hydrogens is 303 g/mol. The first-order chi connectivity index (χ1) is 5.95. The monoisotopic (exact) mass is 332 g/mol. The van der Waals surface area contributed by atoms with Gasteiger partial charge in [0.15, 0.2) is 8.32 Å². The van der Waals surface area contributed by atoms with Crippen LogP contribution in [-0.2, 0) is 26.2 Å². The summed E-state index contributed by atoms with van der Waals surface area (Å²) >= 11 is 0. The third kappa shape index (κ3) is 20.4. The Morgan fingerprint density at radius 1 is 0.938 bits per heavy atom. The van der Waals surface area contributed by atoms with Crippen LogP contribution >= 0.6 is 0 Å². The predicted octanol–water partition coefficient (Wildman–Crippen LogP) is 0.967. The second kappa shape index (κ2) is 18.3. The number of aliphatic hydroxyl groups is 1. The largest absolute Gasteiger partial charge is 0.432 e. The zero-order chi connectivity index (χ0) is 10.9. The molecule has 0 aliphatic carbocycles. The Hall–Kier alpha value is 0.940. The Bertz CT molecular complexity index is 103. The topological polar surface area (TPSA) is 103 Å². The summed E-state index contributed by atoms with van der Waals surface area (Å²) in [6.07, 6.45) is 0. The summed E-state index contributed by atoms with van der Waals surface area (Å²) in [5, 5.41) is 8.14. The molecule has 0 atom stereocenters. The number of rotatable bonds is 4. The summed E-state index contributed by atoms with van der Waals surface area (Å²) < 4.78 is 0. The van der Waals surface area contributed by atoms with Crippen molar-refractivity contribution in [2.24, 2.45) is 5.92 Å². The third-order valence-corrected chi connectivity index (χ3v) is 6.29. The van der Waals surface area contributed by atoms with Crippen molar-refractivity contribution < 1.29 is 47.1 Å². The molecule has 4 nitrogen and oxygen atoms in total. The summed E-state index contributed by atoms with van der Waals surface area (Å²) in [6, 6.07) is 3.04. The zero-order valence-electron chi connectivity index (χ0n) is 11.3. The first kappa shape index (κ1) is 30.2. The SMILES string of the molecule is CC(C)CO.CC[Si](O)(CC)CC.O.O.[Zr]. The van der Waals surface area contributed by atoms with Crippen LogP contribution in [0.2, 0.25) is 18.1 Å². The van der Waals surface area contributed by atoms with Crippen LogP contribution in [0.4, 0.5) is 0 Å². The molecule has 0 aliphatic heterocycles. The van der Waals surface area contributed by atoms with Gasteiger partial charge in [0.2, 0.25) is 0 Å².